The van der Waals surface area contributed by atoms with E-state index in [0.717, 1.165) is 17.7 Å². The molecule has 24 heavy (non-hydrogen) atoms. The Hall–Kier alpha value is -2.28. The van der Waals surface area contributed by atoms with Gasteiger partial charge < -0.3 is 19.9 Å². The Morgan fingerprint density at radius 3 is 2.58 bits per heavy atom. The van der Waals surface area contributed by atoms with Crippen LogP contribution in [0.5, 0.6) is 11.5 Å². The van der Waals surface area contributed by atoms with Crippen LogP contribution in [0, 0.1) is 0 Å². The van der Waals surface area contributed by atoms with Gasteiger partial charge in [0.1, 0.15) is 23.1 Å². The fraction of sp³-hybridized carbons (Fsp3) is 0.529. The smallest absolute Gasteiger partial charge is 0.325 e. The third-order valence-corrected chi connectivity index (χ3v) is 4.85. The van der Waals surface area contributed by atoms with Gasteiger partial charge in [0.05, 0.1) is 20.8 Å². The van der Waals surface area contributed by atoms with Crippen molar-refractivity contribution in [2.75, 3.05) is 20.8 Å². The number of rotatable bonds is 5. The second-order valence-corrected chi connectivity index (χ2v) is 6.26. The van der Waals surface area contributed by atoms with Crippen molar-refractivity contribution < 1.29 is 24.2 Å². The van der Waals surface area contributed by atoms with Gasteiger partial charge in [0.25, 0.3) is 5.91 Å². The summed E-state index contributed by atoms with van der Waals surface area (Å²) in [6.07, 6.45) is 2.11. The molecule has 3 amide bonds. The number of aliphatic hydroxyl groups is 1. The third kappa shape index (κ3) is 2.69. The minimum Gasteiger partial charge on any atom is -0.497 e. The number of β-amino-alcohol motifs (C(OH)–C–C–N with tert-alkyl or cyclic N) is 1. The molecule has 2 aliphatic rings. The molecule has 3 rings (SSSR count). The Balaban J connectivity index is 1.81. The van der Waals surface area contributed by atoms with E-state index in [2.05, 4.69) is 5.32 Å². The van der Waals surface area contributed by atoms with Gasteiger partial charge in [-0.3, -0.25) is 9.69 Å². The Labute approximate surface area is 140 Å². The number of carbonyl (C=O) groups excluding carboxylic acids is 2. The molecule has 1 aliphatic carbocycles. The van der Waals surface area contributed by atoms with Crippen molar-refractivity contribution in [3.05, 3.63) is 23.8 Å². The van der Waals surface area contributed by atoms with Crippen molar-refractivity contribution in [1.29, 1.82) is 0 Å². The molecular formula is C17H22N2O5. The highest BCUT2D eigenvalue weighted by molar-refractivity contribution is 6.07. The summed E-state index contributed by atoms with van der Waals surface area (Å²) in [5.41, 5.74) is -0.292. The van der Waals surface area contributed by atoms with Gasteiger partial charge in [0.2, 0.25) is 0 Å². The second kappa shape index (κ2) is 6.32. The van der Waals surface area contributed by atoms with Crippen LogP contribution in [0.1, 0.15) is 37.4 Å². The molecule has 0 radical (unpaired) electrons. The van der Waals surface area contributed by atoms with Crippen molar-refractivity contribution >= 4 is 11.9 Å². The average molecular weight is 334 g/mol. The van der Waals surface area contributed by atoms with E-state index in [0.29, 0.717) is 29.9 Å². The number of ether oxygens (including phenoxy) is 2. The highest BCUT2D eigenvalue weighted by atomic mass is 16.5. The first-order valence-electron chi connectivity index (χ1n) is 8.05. The van der Waals surface area contributed by atoms with Crippen LogP contribution < -0.4 is 14.8 Å². The molecule has 1 saturated heterocycles. The molecule has 0 bridgehead atoms. The van der Waals surface area contributed by atoms with Gasteiger partial charge in [0, 0.05) is 5.56 Å². The lowest BCUT2D eigenvalue weighted by molar-refractivity contribution is -0.132. The molecule has 130 valence electrons. The van der Waals surface area contributed by atoms with Crippen LogP contribution in [-0.4, -0.2) is 48.2 Å². The lowest BCUT2D eigenvalue weighted by Gasteiger charge is -2.22. The average Bonchev–Trinajstić information content (AvgIpc) is 3.15. The summed E-state index contributed by atoms with van der Waals surface area (Å²) in [5, 5.41) is 13.4. The van der Waals surface area contributed by atoms with Crippen molar-refractivity contribution in [3.63, 3.8) is 0 Å². The van der Waals surface area contributed by atoms with Crippen molar-refractivity contribution in [3.8, 4) is 11.5 Å². The number of methoxy groups -OCH3 is 2. The number of amides is 3. The van der Waals surface area contributed by atoms with Crippen LogP contribution in [0.2, 0.25) is 0 Å². The zero-order valence-corrected chi connectivity index (χ0v) is 13.9. The Bertz CT molecular complexity index is 654. The first kappa shape index (κ1) is 16.6. The Morgan fingerprint density at radius 1 is 1.25 bits per heavy atom. The maximum atomic E-state index is 12.7. The van der Waals surface area contributed by atoms with E-state index in [9.17, 15) is 14.7 Å². The number of aliphatic hydroxyl groups excluding tert-OH is 1. The number of carbonyl (C=O) groups is 2. The Kier molecular flexibility index (Phi) is 4.36. The first-order valence-corrected chi connectivity index (χ1v) is 8.05. The molecule has 0 aromatic heterocycles. The van der Waals surface area contributed by atoms with Crippen LogP contribution in [-0.2, 0) is 4.79 Å². The molecule has 7 nitrogen and oxygen atoms in total. The molecule has 2 fully saturated rings. The van der Waals surface area contributed by atoms with Gasteiger partial charge in [-0.15, -0.1) is 0 Å². The minimum atomic E-state index is -1.05. The molecule has 1 aromatic carbocycles. The second-order valence-electron chi connectivity index (χ2n) is 6.26. The number of nitrogens with one attached hydrogen (secondary N) is 1. The van der Waals surface area contributed by atoms with E-state index in [1.807, 2.05) is 0 Å². The SMILES string of the molecule is COc1ccc(OC)c([C@H](O)CN2C(=O)NC3(CCCC3)C2=O)c1. The number of imide groups is 1. The highest BCUT2D eigenvalue weighted by Gasteiger charge is 2.52. The van der Waals surface area contributed by atoms with Crippen LogP contribution in [0.4, 0.5) is 4.79 Å². The summed E-state index contributed by atoms with van der Waals surface area (Å²) in [6, 6.07) is 4.61. The minimum absolute atomic E-state index is 0.115. The zero-order chi connectivity index (χ0) is 17.3. The lowest BCUT2D eigenvalue weighted by atomic mass is 9.98. The number of urea groups is 1. The molecule has 1 heterocycles. The van der Waals surface area contributed by atoms with E-state index in [1.165, 1.54) is 14.2 Å². The number of hydrogen-bond donors (Lipinski definition) is 2. The summed E-state index contributed by atoms with van der Waals surface area (Å²) >= 11 is 0. The molecule has 1 spiro atoms. The van der Waals surface area contributed by atoms with E-state index in [4.69, 9.17) is 9.47 Å². The van der Waals surface area contributed by atoms with Gasteiger partial charge in [-0.1, -0.05) is 12.8 Å². The normalized spacial score (nSPS) is 20.4. The summed E-state index contributed by atoms with van der Waals surface area (Å²) in [7, 11) is 3.03. The molecule has 7 heteroatoms. The van der Waals surface area contributed by atoms with E-state index >= 15 is 0 Å². The highest BCUT2D eigenvalue weighted by Crippen LogP contribution is 2.36. The van der Waals surface area contributed by atoms with Gasteiger partial charge in [-0.2, -0.15) is 0 Å². The molecule has 1 saturated carbocycles. The number of nitrogens with zero attached hydrogens (tertiary/aromatic N) is 1. The van der Waals surface area contributed by atoms with Crippen molar-refractivity contribution in [2.45, 2.75) is 37.3 Å². The summed E-state index contributed by atoms with van der Waals surface area (Å²) in [5.74, 6) is 0.797. The van der Waals surface area contributed by atoms with E-state index < -0.39 is 17.7 Å². The topological polar surface area (TPSA) is 88.1 Å². The van der Waals surface area contributed by atoms with Crippen molar-refractivity contribution in [2.24, 2.45) is 0 Å². The van der Waals surface area contributed by atoms with Gasteiger partial charge in [-0.05, 0) is 31.0 Å². The third-order valence-electron chi connectivity index (χ3n) is 4.85. The fourth-order valence-electron chi connectivity index (χ4n) is 3.53. The molecular weight excluding hydrogens is 312 g/mol. The molecule has 1 aliphatic heterocycles. The van der Waals surface area contributed by atoms with Gasteiger partial charge in [0.15, 0.2) is 0 Å². The predicted octanol–water partition coefficient (Wildman–Crippen LogP) is 1.60. The maximum Gasteiger partial charge on any atom is 0.325 e. The van der Waals surface area contributed by atoms with E-state index in [-0.39, 0.29) is 12.5 Å². The predicted molar refractivity (Wildman–Crippen MR) is 85.9 cm³/mol. The zero-order valence-electron chi connectivity index (χ0n) is 13.9. The van der Waals surface area contributed by atoms with Crippen LogP contribution in [0.25, 0.3) is 0 Å². The van der Waals surface area contributed by atoms with Gasteiger partial charge >= 0.3 is 6.03 Å². The Morgan fingerprint density at radius 2 is 1.96 bits per heavy atom. The van der Waals surface area contributed by atoms with Crippen LogP contribution in [0.15, 0.2) is 18.2 Å². The first-order chi connectivity index (χ1) is 11.5. The summed E-state index contributed by atoms with van der Waals surface area (Å²) < 4.78 is 10.4. The molecule has 1 atom stereocenters. The summed E-state index contributed by atoms with van der Waals surface area (Å²) in [4.78, 5) is 26.0. The molecule has 1 aromatic rings. The van der Waals surface area contributed by atoms with Crippen molar-refractivity contribution in [1.82, 2.24) is 10.2 Å². The maximum absolute atomic E-state index is 12.7. The largest absolute Gasteiger partial charge is 0.497 e. The standard InChI is InChI=1S/C17H22N2O5/c1-23-11-5-6-14(24-2)12(9-11)13(20)10-19-15(21)17(18-16(19)22)7-3-4-8-17/h5-6,9,13,20H,3-4,7-8,10H2,1-2H3,(H,18,22)/t13-/m1/s1. The number of hydrogen-bond acceptors (Lipinski definition) is 5. The quantitative estimate of drug-likeness (QED) is 0.799. The molecule has 2 N–H and O–H groups in total. The van der Waals surface area contributed by atoms with Crippen LogP contribution >= 0.6 is 0 Å². The summed E-state index contributed by atoms with van der Waals surface area (Å²) in [6.45, 7) is -0.115. The monoisotopic (exact) mass is 334 g/mol. The fourth-order valence-corrected chi connectivity index (χ4v) is 3.53. The lowest BCUT2D eigenvalue weighted by Crippen LogP contribution is -2.44. The molecule has 0 unspecified atom stereocenters. The van der Waals surface area contributed by atoms with E-state index in [1.54, 1.807) is 18.2 Å². The number of benzene rings is 1. The van der Waals surface area contributed by atoms with Gasteiger partial charge in [-0.25, -0.2) is 4.79 Å². The van der Waals surface area contributed by atoms with Crippen LogP contribution in [0.3, 0.4) is 0 Å².